The van der Waals surface area contributed by atoms with E-state index >= 15 is 0 Å². The van der Waals surface area contributed by atoms with E-state index in [9.17, 15) is 9.00 Å². The summed E-state index contributed by atoms with van der Waals surface area (Å²) in [5.41, 5.74) is 5.80. The number of anilines is 1. The molecule has 29 heavy (non-hydrogen) atoms. The molecule has 1 atom stereocenters. The molecule has 0 aliphatic heterocycles. The number of aryl methyl sites for hydroxylation is 1. The van der Waals surface area contributed by atoms with Crippen molar-refractivity contribution in [2.75, 3.05) is 5.32 Å². The highest BCUT2D eigenvalue weighted by Gasteiger charge is 2.25. The molecule has 6 nitrogen and oxygen atoms in total. The predicted molar refractivity (Wildman–Crippen MR) is 114 cm³/mol. The van der Waals surface area contributed by atoms with Crippen LogP contribution >= 0.6 is 0 Å². The summed E-state index contributed by atoms with van der Waals surface area (Å²) in [5, 5.41) is 2.83. The second-order valence-electron chi connectivity index (χ2n) is 8.14. The average molecular weight is 414 g/mol. The molecule has 0 radical (unpaired) electrons. The molecule has 2 aliphatic rings. The van der Waals surface area contributed by atoms with Crippen LogP contribution in [0.1, 0.15) is 54.9 Å². The number of hydrogen-bond acceptors (Lipinski definition) is 4. The van der Waals surface area contributed by atoms with E-state index in [0.29, 0.717) is 11.5 Å². The third kappa shape index (κ3) is 4.10. The van der Waals surface area contributed by atoms with Gasteiger partial charge in [0.1, 0.15) is 0 Å². The Labute approximate surface area is 171 Å². The average Bonchev–Trinajstić information content (AvgIpc) is 3.28. The summed E-state index contributed by atoms with van der Waals surface area (Å²) in [7, 11) is -3.61. The molecule has 2 aromatic rings. The Morgan fingerprint density at radius 1 is 1.31 bits per heavy atom. The molecule has 2 amide bonds. The van der Waals surface area contributed by atoms with E-state index in [4.69, 9.17) is 9.20 Å². The highest BCUT2D eigenvalue weighted by atomic mass is 32.2. The summed E-state index contributed by atoms with van der Waals surface area (Å²) >= 11 is 0. The van der Waals surface area contributed by atoms with Gasteiger partial charge < -0.3 is 9.73 Å². The first-order valence-electron chi connectivity index (χ1n) is 10.1. The standard InChI is InChI=1S/C22H27N3O3S/c1-14(2)18-12-20(28-13-18)29(23,27)25-22(26)24-21-17(11-15-5-3-6-15)10-9-16-7-4-8-19(16)21/h9-10,12-13,15H,1,3-8,11H2,2H3,(H3,23,24,25,26,27). The maximum Gasteiger partial charge on any atom is 0.332 e. The van der Waals surface area contributed by atoms with Gasteiger partial charge in [0, 0.05) is 17.3 Å². The molecular weight excluding hydrogens is 386 g/mol. The quantitative estimate of drug-likeness (QED) is 0.601. The number of fused-ring (bicyclic) bond motifs is 1. The molecule has 1 heterocycles. The van der Waals surface area contributed by atoms with Crippen molar-refractivity contribution in [1.82, 2.24) is 4.72 Å². The van der Waals surface area contributed by atoms with Crippen LogP contribution < -0.4 is 10.0 Å². The summed E-state index contributed by atoms with van der Waals surface area (Å²) in [4.78, 5) is 12.7. The van der Waals surface area contributed by atoms with Crippen molar-refractivity contribution in [1.29, 1.82) is 4.78 Å². The van der Waals surface area contributed by atoms with Crippen LogP contribution in [-0.2, 0) is 29.2 Å². The molecule has 0 saturated heterocycles. The van der Waals surface area contributed by atoms with Crippen LogP contribution in [0.2, 0.25) is 0 Å². The maximum atomic E-state index is 12.7. The number of carbonyl (C=O) groups is 1. The van der Waals surface area contributed by atoms with Crippen molar-refractivity contribution in [3.05, 3.63) is 53.3 Å². The van der Waals surface area contributed by atoms with Gasteiger partial charge in [-0.3, -0.25) is 0 Å². The van der Waals surface area contributed by atoms with Gasteiger partial charge in [-0.15, -0.1) is 0 Å². The number of carbonyl (C=O) groups excluding carboxylic acids is 1. The number of hydrogen-bond donors (Lipinski definition) is 3. The summed E-state index contributed by atoms with van der Waals surface area (Å²) in [6.07, 6.45) is 9.09. The van der Waals surface area contributed by atoms with Crippen molar-refractivity contribution >= 4 is 27.2 Å². The van der Waals surface area contributed by atoms with E-state index in [-0.39, 0.29) is 5.09 Å². The zero-order chi connectivity index (χ0) is 20.6. The van der Waals surface area contributed by atoms with Crippen molar-refractivity contribution < 1.29 is 13.4 Å². The van der Waals surface area contributed by atoms with Gasteiger partial charge in [0.25, 0.3) is 0 Å². The molecule has 1 aromatic heterocycles. The van der Waals surface area contributed by atoms with Crippen LogP contribution in [0.4, 0.5) is 10.5 Å². The number of rotatable bonds is 6. The van der Waals surface area contributed by atoms with Crippen LogP contribution in [-0.4, -0.2) is 10.2 Å². The summed E-state index contributed by atoms with van der Waals surface area (Å²) in [6.45, 7) is 5.59. The molecule has 1 unspecified atom stereocenters. The lowest BCUT2D eigenvalue weighted by Crippen LogP contribution is -2.34. The van der Waals surface area contributed by atoms with E-state index in [2.05, 4.69) is 28.8 Å². The molecule has 1 fully saturated rings. The van der Waals surface area contributed by atoms with E-state index in [1.54, 1.807) is 6.92 Å². The number of amides is 2. The normalized spacial score (nSPS) is 17.8. The van der Waals surface area contributed by atoms with Crippen LogP contribution in [0.15, 0.2) is 40.6 Å². The maximum absolute atomic E-state index is 12.7. The Hall–Kier alpha value is -2.54. The molecule has 154 valence electrons. The van der Waals surface area contributed by atoms with Gasteiger partial charge in [0.05, 0.1) is 6.26 Å². The Balaban J connectivity index is 1.54. The van der Waals surface area contributed by atoms with Crippen molar-refractivity contribution in [2.24, 2.45) is 5.92 Å². The summed E-state index contributed by atoms with van der Waals surface area (Å²) in [5.74, 6) is 0.669. The predicted octanol–water partition coefficient (Wildman–Crippen LogP) is 5.29. The minimum Gasteiger partial charge on any atom is -0.452 e. The van der Waals surface area contributed by atoms with Crippen LogP contribution in [0.25, 0.3) is 5.57 Å². The number of benzene rings is 1. The van der Waals surface area contributed by atoms with Crippen LogP contribution in [0, 0.1) is 10.7 Å². The molecule has 0 bridgehead atoms. The van der Waals surface area contributed by atoms with Crippen molar-refractivity contribution in [3.8, 4) is 0 Å². The fourth-order valence-electron chi connectivity index (χ4n) is 4.06. The van der Waals surface area contributed by atoms with Crippen molar-refractivity contribution in [3.63, 3.8) is 0 Å². The monoisotopic (exact) mass is 413 g/mol. The lowest BCUT2D eigenvalue weighted by atomic mass is 9.80. The van der Waals surface area contributed by atoms with Gasteiger partial charge in [-0.1, -0.05) is 38.0 Å². The van der Waals surface area contributed by atoms with Gasteiger partial charge in [-0.25, -0.2) is 18.5 Å². The first-order valence-corrected chi connectivity index (χ1v) is 11.6. The van der Waals surface area contributed by atoms with Gasteiger partial charge in [0.2, 0.25) is 5.09 Å². The van der Waals surface area contributed by atoms with E-state index in [1.807, 2.05) is 0 Å². The van der Waals surface area contributed by atoms with Gasteiger partial charge in [-0.05, 0) is 60.8 Å². The topological polar surface area (TPSA) is 95.2 Å². The number of nitrogens with one attached hydrogen (secondary N) is 3. The molecule has 7 heteroatoms. The number of allylic oxidation sites excluding steroid dienone is 1. The minimum atomic E-state index is -3.61. The summed E-state index contributed by atoms with van der Waals surface area (Å²) in [6, 6.07) is 5.13. The zero-order valence-electron chi connectivity index (χ0n) is 16.7. The summed E-state index contributed by atoms with van der Waals surface area (Å²) < 4.78 is 28.4. The molecule has 2 aliphatic carbocycles. The first kappa shape index (κ1) is 19.8. The molecule has 4 rings (SSSR count). The van der Waals surface area contributed by atoms with Gasteiger partial charge in [0.15, 0.2) is 9.92 Å². The molecule has 1 aromatic carbocycles. The molecular formula is C22H27N3O3S. The van der Waals surface area contributed by atoms with Crippen LogP contribution in [0.3, 0.4) is 0 Å². The van der Waals surface area contributed by atoms with E-state index in [0.717, 1.165) is 42.5 Å². The second-order valence-corrected chi connectivity index (χ2v) is 9.86. The largest absolute Gasteiger partial charge is 0.452 e. The van der Waals surface area contributed by atoms with E-state index < -0.39 is 15.9 Å². The minimum absolute atomic E-state index is 0.0846. The Kier molecular flexibility index (Phi) is 5.25. The Bertz CT molecular complexity index is 1060. The lowest BCUT2D eigenvalue weighted by Gasteiger charge is -2.27. The second kappa shape index (κ2) is 7.71. The molecule has 1 saturated carbocycles. The zero-order valence-corrected chi connectivity index (χ0v) is 17.5. The fraction of sp³-hybridized carbons (Fsp3) is 0.409. The van der Waals surface area contributed by atoms with Crippen molar-refractivity contribution in [2.45, 2.75) is 57.0 Å². The Morgan fingerprint density at radius 3 is 2.76 bits per heavy atom. The third-order valence-electron chi connectivity index (χ3n) is 5.93. The highest BCUT2D eigenvalue weighted by molar-refractivity contribution is 7.91. The van der Waals surface area contributed by atoms with Gasteiger partial charge >= 0.3 is 6.03 Å². The molecule has 3 N–H and O–H groups in total. The SMILES string of the molecule is C=C(C)c1coc(S(=N)(=O)NC(=O)Nc2c(CC3CCC3)ccc3c2CCC3)c1. The van der Waals surface area contributed by atoms with E-state index in [1.165, 1.54) is 42.7 Å². The fourth-order valence-corrected chi connectivity index (χ4v) is 4.95. The number of furan rings is 1. The third-order valence-corrected chi connectivity index (χ3v) is 7.18. The smallest absolute Gasteiger partial charge is 0.332 e. The van der Waals surface area contributed by atoms with Crippen LogP contribution in [0.5, 0.6) is 0 Å². The first-order chi connectivity index (χ1) is 13.8. The highest BCUT2D eigenvalue weighted by Crippen LogP contribution is 2.37. The lowest BCUT2D eigenvalue weighted by molar-refractivity contribution is 0.256. The van der Waals surface area contributed by atoms with Gasteiger partial charge in [-0.2, -0.15) is 0 Å². The Morgan fingerprint density at radius 2 is 2.10 bits per heavy atom. The molecule has 0 spiro atoms. The number of urea groups is 1.